The molecule has 0 radical (unpaired) electrons. The Kier molecular flexibility index (Phi) is 5.61. The first-order valence-electron chi connectivity index (χ1n) is 7.70. The van der Waals surface area contributed by atoms with Crippen LogP contribution in [-0.2, 0) is 9.63 Å². The maximum Gasteiger partial charge on any atom is 0.332 e. The number of carbonyl (C=O) groups is 1. The fourth-order valence-electron chi connectivity index (χ4n) is 3.35. The van der Waals surface area contributed by atoms with Crippen molar-refractivity contribution in [3.8, 4) is 0 Å². The van der Waals surface area contributed by atoms with Crippen molar-refractivity contribution < 1.29 is 25.0 Å². The number of carboxylic acid groups (broad SMARTS) is 1. The van der Waals surface area contributed by atoms with E-state index in [-0.39, 0.29) is 30.7 Å². The number of carboxylic acids is 1. The van der Waals surface area contributed by atoms with Crippen molar-refractivity contribution in [1.82, 2.24) is 5.48 Å². The van der Waals surface area contributed by atoms with Gasteiger partial charge in [-0.25, -0.2) is 4.79 Å². The number of aliphatic hydroxyl groups excluding tert-OH is 2. The van der Waals surface area contributed by atoms with E-state index < -0.39 is 5.97 Å². The third-order valence-corrected chi connectivity index (χ3v) is 4.52. The van der Waals surface area contributed by atoms with Crippen molar-refractivity contribution in [1.29, 1.82) is 0 Å². The Morgan fingerprint density at radius 1 is 1.43 bits per heavy atom. The molecule has 0 amide bonds. The Balaban J connectivity index is 1.79. The van der Waals surface area contributed by atoms with Crippen LogP contribution < -0.4 is 5.48 Å². The molecule has 4 unspecified atom stereocenters. The number of hydrogen-bond donors (Lipinski definition) is 4. The molecule has 2 rings (SSSR count). The summed E-state index contributed by atoms with van der Waals surface area (Å²) in [4.78, 5) is 15.3. The number of hydrogen-bond acceptors (Lipinski definition) is 5. The summed E-state index contributed by atoms with van der Waals surface area (Å²) >= 11 is 0. The number of aliphatic carboxylic acids is 1. The highest BCUT2D eigenvalue weighted by Crippen LogP contribution is 2.49. The van der Waals surface area contributed by atoms with Crippen LogP contribution in [0.4, 0.5) is 0 Å². The standard InChI is InChI=1S/C15H25NO5/c1-2-3-10(17)5-4-9-6-11-12(15(9)20)7-13(11)16-21-8-14(18)19/h9-10,12,15-17,20H,2-8H2,1H3,(H,18,19). The van der Waals surface area contributed by atoms with E-state index in [1.54, 1.807) is 0 Å². The highest BCUT2D eigenvalue weighted by molar-refractivity contribution is 5.67. The molecule has 0 saturated heterocycles. The summed E-state index contributed by atoms with van der Waals surface area (Å²) in [5.41, 5.74) is 4.76. The highest BCUT2D eigenvalue weighted by Gasteiger charge is 2.45. The molecule has 2 aliphatic rings. The molecule has 4 atom stereocenters. The van der Waals surface area contributed by atoms with Gasteiger partial charge in [-0.15, -0.1) is 0 Å². The molecule has 1 fully saturated rings. The van der Waals surface area contributed by atoms with E-state index in [4.69, 9.17) is 9.94 Å². The van der Waals surface area contributed by atoms with Crippen LogP contribution in [0.2, 0.25) is 0 Å². The van der Waals surface area contributed by atoms with E-state index in [2.05, 4.69) is 5.48 Å². The quantitative estimate of drug-likeness (QED) is 0.477. The molecule has 1 saturated carbocycles. The molecule has 0 bridgehead atoms. The zero-order valence-corrected chi connectivity index (χ0v) is 12.4. The third kappa shape index (κ3) is 3.96. The van der Waals surface area contributed by atoms with Crippen molar-refractivity contribution in [2.75, 3.05) is 6.61 Å². The third-order valence-electron chi connectivity index (χ3n) is 4.52. The first kappa shape index (κ1) is 16.3. The first-order chi connectivity index (χ1) is 10.0. The van der Waals surface area contributed by atoms with Crippen LogP contribution in [0.25, 0.3) is 0 Å². The summed E-state index contributed by atoms with van der Waals surface area (Å²) < 4.78 is 0. The van der Waals surface area contributed by atoms with Crippen LogP contribution in [0.15, 0.2) is 11.3 Å². The van der Waals surface area contributed by atoms with Gasteiger partial charge in [0.05, 0.1) is 12.2 Å². The number of hydroxylamine groups is 1. The van der Waals surface area contributed by atoms with Crippen LogP contribution in [-0.4, -0.2) is 40.1 Å². The summed E-state index contributed by atoms with van der Waals surface area (Å²) in [6.07, 6.45) is 4.24. The van der Waals surface area contributed by atoms with Crippen LogP contribution in [0.5, 0.6) is 0 Å². The van der Waals surface area contributed by atoms with Crippen molar-refractivity contribution >= 4 is 5.97 Å². The minimum Gasteiger partial charge on any atom is -0.479 e. The lowest BCUT2D eigenvalue weighted by atomic mass is 9.83. The van der Waals surface area contributed by atoms with Gasteiger partial charge in [0.25, 0.3) is 0 Å². The zero-order chi connectivity index (χ0) is 15.4. The number of allylic oxidation sites excluding steroid dienone is 1. The second-order valence-corrected chi connectivity index (χ2v) is 6.07. The summed E-state index contributed by atoms with van der Waals surface area (Å²) in [5.74, 6) is -0.650. The van der Waals surface area contributed by atoms with E-state index in [1.807, 2.05) is 6.92 Å². The highest BCUT2D eigenvalue weighted by atomic mass is 16.7. The van der Waals surface area contributed by atoms with Crippen LogP contribution in [0, 0.1) is 11.8 Å². The van der Waals surface area contributed by atoms with Gasteiger partial charge in [-0.2, -0.15) is 0 Å². The molecule has 6 heteroatoms. The van der Waals surface area contributed by atoms with Gasteiger partial charge >= 0.3 is 5.97 Å². The van der Waals surface area contributed by atoms with Crippen molar-refractivity contribution in [2.45, 2.75) is 57.7 Å². The van der Waals surface area contributed by atoms with E-state index in [1.165, 1.54) is 0 Å². The van der Waals surface area contributed by atoms with Gasteiger partial charge < -0.3 is 15.3 Å². The topological polar surface area (TPSA) is 99.0 Å². The second kappa shape index (κ2) is 7.24. The maximum atomic E-state index is 10.4. The lowest BCUT2D eigenvalue weighted by molar-refractivity contribution is -0.144. The predicted octanol–water partition coefficient (Wildman–Crippen LogP) is 1.19. The Bertz CT molecular complexity index is 409. The lowest BCUT2D eigenvalue weighted by Gasteiger charge is -2.30. The Morgan fingerprint density at radius 2 is 2.19 bits per heavy atom. The number of fused-ring (bicyclic) bond motifs is 1. The largest absolute Gasteiger partial charge is 0.479 e. The molecule has 2 aliphatic carbocycles. The molecule has 0 spiro atoms. The van der Waals surface area contributed by atoms with Gasteiger partial charge in [-0.3, -0.25) is 10.3 Å². The molecule has 4 N–H and O–H groups in total. The van der Waals surface area contributed by atoms with Gasteiger partial charge in [-0.1, -0.05) is 13.3 Å². The van der Waals surface area contributed by atoms with Crippen molar-refractivity contribution in [3.05, 3.63) is 11.3 Å². The Hall–Kier alpha value is -1.11. The normalized spacial score (nSPS) is 29.0. The molecule has 6 nitrogen and oxygen atoms in total. The minimum absolute atomic E-state index is 0.175. The second-order valence-electron chi connectivity index (χ2n) is 6.07. The van der Waals surface area contributed by atoms with Crippen molar-refractivity contribution in [2.24, 2.45) is 11.8 Å². The van der Waals surface area contributed by atoms with Crippen LogP contribution >= 0.6 is 0 Å². The minimum atomic E-state index is -1.02. The van der Waals surface area contributed by atoms with Gasteiger partial charge in [0.1, 0.15) is 0 Å². The molecule has 0 aromatic heterocycles. The molecular weight excluding hydrogens is 274 g/mol. The average molecular weight is 299 g/mol. The maximum absolute atomic E-state index is 10.4. The SMILES string of the molecule is CCCC(O)CCC1CC2=C(NOCC(=O)O)CC2C1O. The number of nitrogens with one attached hydrogen (secondary N) is 1. The molecule has 0 aliphatic heterocycles. The molecule has 120 valence electrons. The van der Waals surface area contributed by atoms with Gasteiger partial charge in [0.15, 0.2) is 6.61 Å². The van der Waals surface area contributed by atoms with E-state index in [0.29, 0.717) is 6.42 Å². The number of aliphatic hydroxyl groups is 2. The Labute approximate surface area is 124 Å². The van der Waals surface area contributed by atoms with Crippen LogP contribution in [0.1, 0.15) is 45.4 Å². The zero-order valence-electron chi connectivity index (χ0n) is 12.4. The van der Waals surface area contributed by atoms with Gasteiger partial charge in [-0.05, 0) is 43.6 Å². The summed E-state index contributed by atoms with van der Waals surface area (Å²) in [6, 6.07) is 0. The van der Waals surface area contributed by atoms with Gasteiger partial charge in [0, 0.05) is 11.6 Å². The van der Waals surface area contributed by atoms with E-state index in [0.717, 1.165) is 43.4 Å². The Morgan fingerprint density at radius 3 is 2.86 bits per heavy atom. The molecular formula is C15H25NO5. The fourth-order valence-corrected chi connectivity index (χ4v) is 3.35. The first-order valence-corrected chi connectivity index (χ1v) is 7.70. The monoisotopic (exact) mass is 299 g/mol. The lowest BCUT2D eigenvalue weighted by Crippen LogP contribution is -2.32. The number of rotatable bonds is 9. The fraction of sp³-hybridized carbons (Fsp3) is 0.800. The summed E-state index contributed by atoms with van der Waals surface area (Å²) in [7, 11) is 0. The summed E-state index contributed by atoms with van der Waals surface area (Å²) in [5, 5.41) is 28.6. The molecule has 0 aromatic rings. The van der Waals surface area contributed by atoms with E-state index in [9.17, 15) is 15.0 Å². The predicted molar refractivity (Wildman–Crippen MR) is 76.1 cm³/mol. The smallest absolute Gasteiger partial charge is 0.332 e. The summed E-state index contributed by atoms with van der Waals surface area (Å²) in [6.45, 7) is 1.67. The van der Waals surface area contributed by atoms with Crippen LogP contribution in [0.3, 0.4) is 0 Å². The van der Waals surface area contributed by atoms with E-state index >= 15 is 0 Å². The molecule has 0 aromatic carbocycles. The average Bonchev–Trinajstić information content (AvgIpc) is 2.64. The van der Waals surface area contributed by atoms with Gasteiger partial charge in [0.2, 0.25) is 0 Å². The molecule has 0 heterocycles. The van der Waals surface area contributed by atoms with Crippen molar-refractivity contribution in [3.63, 3.8) is 0 Å². The molecule has 21 heavy (non-hydrogen) atoms.